The van der Waals surface area contributed by atoms with Gasteiger partial charge in [0.1, 0.15) is 5.82 Å². The van der Waals surface area contributed by atoms with E-state index in [1.54, 1.807) is 0 Å². The molecule has 0 bridgehead atoms. The van der Waals surface area contributed by atoms with Crippen molar-refractivity contribution in [1.29, 1.82) is 0 Å². The van der Waals surface area contributed by atoms with Gasteiger partial charge in [-0.1, -0.05) is 33.8 Å². The van der Waals surface area contributed by atoms with E-state index in [1.807, 2.05) is 0 Å². The lowest BCUT2D eigenvalue weighted by Gasteiger charge is -2.15. The van der Waals surface area contributed by atoms with Crippen LogP contribution >= 0.6 is 0 Å². The Balaban J connectivity index is 2.36. The predicted molar refractivity (Wildman–Crippen MR) is 68.6 cm³/mol. The first-order valence-corrected chi connectivity index (χ1v) is 5.95. The van der Waals surface area contributed by atoms with Crippen molar-refractivity contribution in [2.45, 2.75) is 40.5 Å². The second kappa shape index (κ2) is 3.93. The van der Waals surface area contributed by atoms with Gasteiger partial charge < -0.3 is 4.98 Å². The SMILES string of the molecule is CCc1ccc2nc(CC(C)(C)C)[nH]c2c1. The van der Waals surface area contributed by atoms with Crippen molar-refractivity contribution >= 4 is 11.0 Å². The molecule has 0 saturated heterocycles. The molecule has 2 aromatic rings. The number of benzene rings is 1. The van der Waals surface area contributed by atoms with Crippen LogP contribution < -0.4 is 0 Å². The topological polar surface area (TPSA) is 28.7 Å². The van der Waals surface area contributed by atoms with Crippen LogP contribution in [0.25, 0.3) is 11.0 Å². The van der Waals surface area contributed by atoms with Crippen LogP contribution in [-0.2, 0) is 12.8 Å². The van der Waals surface area contributed by atoms with Gasteiger partial charge in [-0.15, -0.1) is 0 Å². The minimum absolute atomic E-state index is 0.279. The molecular formula is C14H20N2. The van der Waals surface area contributed by atoms with E-state index in [-0.39, 0.29) is 5.41 Å². The molecule has 1 aromatic heterocycles. The van der Waals surface area contributed by atoms with E-state index in [1.165, 1.54) is 11.1 Å². The van der Waals surface area contributed by atoms with Gasteiger partial charge in [-0.3, -0.25) is 0 Å². The molecule has 0 radical (unpaired) electrons. The minimum Gasteiger partial charge on any atom is -0.342 e. The van der Waals surface area contributed by atoms with Gasteiger partial charge in [0.15, 0.2) is 0 Å². The van der Waals surface area contributed by atoms with E-state index in [0.29, 0.717) is 0 Å². The predicted octanol–water partition coefficient (Wildman–Crippen LogP) is 3.71. The molecule has 2 nitrogen and oxygen atoms in total. The molecule has 2 rings (SSSR count). The van der Waals surface area contributed by atoms with Crippen LogP contribution in [0.4, 0.5) is 0 Å². The number of aromatic nitrogens is 2. The number of aryl methyl sites for hydroxylation is 1. The van der Waals surface area contributed by atoms with Gasteiger partial charge in [-0.2, -0.15) is 0 Å². The average Bonchev–Trinajstić information content (AvgIpc) is 2.55. The lowest BCUT2D eigenvalue weighted by molar-refractivity contribution is 0.402. The standard InChI is InChI=1S/C14H20N2/c1-5-10-6-7-11-12(8-10)16-13(15-11)9-14(2,3)4/h6-8H,5,9H2,1-4H3,(H,15,16). The minimum atomic E-state index is 0.279. The fourth-order valence-corrected chi connectivity index (χ4v) is 1.92. The van der Waals surface area contributed by atoms with Crippen LogP contribution in [0, 0.1) is 5.41 Å². The number of aromatic amines is 1. The lowest BCUT2D eigenvalue weighted by Crippen LogP contribution is -2.10. The molecule has 0 spiro atoms. The van der Waals surface area contributed by atoms with Gasteiger partial charge >= 0.3 is 0 Å². The maximum absolute atomic E-state index is 4.62. The zero-order chi connectivity index (χ0) is 11.8. The summed E-state index contributed by atoms with van der Waals surface area (Å²) < 4.78 is 0. The maximum Gasteiger partial charge on any atom is 0.107 e. The monoisotopic (exact) mass is 216 g/mol. The number of nitrogens with one attached hydrogen (secondary N) is 1. The van der Waals surface area contributed by atoms with Crippen molar-refractivity contribution < 1.29 is 0 Å². The number of rotatable bonds is 2. The maximum atomic E-state index is 4.62. The third-order valence-electron chi connectivity index (χ3n) is 2.70. The second-order valence-corrected chi connectivity index (χ2v) is 5.63. The van der Waals surface area contributed by atoms with Crippen molar-refractivity contribution in [2.75, 3.05) is 0 Å². The summed E-state index contributed by atoms with van der Waals surface area (Å²) >= 11 is 0. The Bertz CT molecular complexity index is 489. The number of imidazole rings is 1. The summed E-state index contributed by atoms with van der Waals surface area (Å²) in [6.07, 6.45) is 2.06. The Morgan fingerprint density at radius 1 is 1.25 bits per heavy atom. The molecule has 2 heteroatoms. The lowest BCUT2D eigenvalue weighted by atomic mass is 9.92. The number of nitrogens with zero attached hydrogens (tertiary/aromatic N) is 1. The number of hydrogen-bond donors (Lipinski definition) is 1. The molecule has 0 amide bonds. The average molecular weight is 216 g/mol. The van der Waals surface area contributed by atoms with Crippen LogP contribution in [-0.4, -0.2) is 9.97 Å². The highest BCUT2D eigenvalue weighted by Crippen LogP contribution is 2.21. The zero-order valence-electron chi connectivity index (χ0n) is 10.6. The zero-order valence-corrected chi connectivity index (χ0v) is 10.6. The third-order valence-corrected chi connectivity index (χ3v) is 2.70. The molecule has 86 valence electrons. The third kappa shape index (κ3) is 2.43. The highest BCUT2D eigenvalue weighted by Gasteiger charge is 2.14. The number of hydrogen-bond acceptors (Lipinski definition) is 1. The van der Waals surface area contributed by atoms with Crippen LogP contribution in [0.1, 0.15) is 39.1 Å². The number of fused-ring (bicyclic) bond motifs is 1. The molecular weight excluding hydrogens is 196 g/mol. The fourth-order valence-electron chi connectivity index (χ4n) is 1.92. The van der Waals surface area contributed by atoms with Crippen molar-refractivity contribution in [3.8, 4) is 0 Å². The second-order valence-electron chi connectivity index (χ2n) is 5.63. The van der Waals surface area contributed by atoms with Crippen molar-refractivity contribution in [3.63, 3.8) is 0 Å². The molecule has 1 heterocycles. The molecule has 0 unspecified atom stereocenters. The summed E-state index contributed by atoms with van der Waals surface area (Å²) in [5.41, 5.74) is 3.88. The summed E-state index contributed by atoms with van der Waals surface area (Å²) in [5, 5.41) is 0. The van der Waals surface area contributed by atoms with Crippen molar-refractivity contribution in [3.05, 3.63) is 29.6 Å². The van der Waals surface area contributed by atoms with E-state index in [0.717, 1.165) is 24.2 Å². The van der Waals surface area contributed by atoms with Gasteiger partial charge in [-0.25, -0.2) is 4.98 Å². The first-order valence-electron chi connectivity index (χ1n) is 5.95. The van der Waals surface area contributed by atoms with Crippen molar-refractivity contribution in [2.24, 2.45) is 5.41 Å². The Hall–Kier alpha value is -1.31. The Morgan fingerprint density at radius 3 is 2.62 bits per heavy atom. The fraction of sp³-hybridized carbons (Fsp3) is 0.500. The highest BCUT2D eigenvalue weighted by atomic mass is 14.9. The van der Waals surface area contributed by atoms with Crippen LogP contribution in [0.2, 0.25) is 0 Å². The Morgan fingerprint density at radius 2 is 2.00 bits per heavy atom. The van der Waals surface area contributed by atoms with E-state index in [9.17, 15) is 0 Å². The van der Waals surface area contributed by atoms with Crippen LogP contribution in [0.15, 0.2) is 18.2 Å². The Kier molecular flexibility index (Phi) is 2.75. The van der Waals surface area contributed by atoms with Crippen molar-refractivity contribution in [1.82, 2.24) is 9.97 Å². The summed E-state index contributed by atoms with van der Waals surface area (Å²) in [6, 6.07) is 6.47. The summed E-state index contributed by atoms with van der Waals surface area (Å²) in [7, 11) is 0. The van der Waals surface area contributed by atoms with Gasteiger partial charge in [-0.05, 0) is 29.5 Å². The molecule has 1 N–H and O–H groups in total. The normalized spacial score (nSPS) is 12.2. The molecule has 0 fully saturated rings. The number of H-pyrrole nitrogens is 1. The quantitative estimate of drug-likeness (QED) is 0.814. The van der Waals surface area contributed by atoms with Gasteiger partial charge in [0.2, 0.25) is 0 Å². The molecule has 0 aliphatic rings. The Labute approximate surface area is 97.1 Å². The molecule has 0 saturated carbocycles. The van der Waals surface area contributed by atoms with E-state index in [2.05, 4.69) is 55.9 Å². The molecule has 16 heavy (non-hydrogen) atoms. The summed E-state index contributed by atoms with van der Waals surface area (Å²) in [4.78, 5) is 8.03. The van der Waals surface area contributed by atoms with Crippen LogP contribution in [0.3, 0.4) is 0 Å². The van der Waals surface area contributed by atoms with E-state index in [4.69, 9.17) is 0 Å². The smallest absolute Gasteiger partial charge is 0.107 e. The first kappa shape index (κ1) is 11.2. The highest BCUT2D eigenvalue weighted by molar-refractivity contribution is 5.75. The van der Waals surface area contributed by atoms with E-state index >= 15 is 0 Å². The van der Waals surface area contributed by atoms with Crippen LogP contribution in [0.5, 0.6) is 0 Å². The largest absolute Gasteiger partial charge is 0.342 e. The van der Waals surface area contributed by atoms with E-state index < -0.39 is 0 Å². The summed E-state index contributed by atoms with van der Waals surface area (Å²) in [5.74, 6) is 1.09. The van der Waals surface area contributed by atoms with Gasteiger partial charge in [0, 0.05) is 6.42 Å². The first-order chi connectivity index (χ1) is 7.48. The van der Waals surface area contributed by atoms with Gasteiger partial charge in [0.25, 0.3) is 0 Å². The summed E-state index contributed by atoms with van der Waals surface area (Å²) in [6.45, 7) is 8.88. The molecule has 0 aliphatic heterocycles. The molecule has 1 aromatic carbocycles. The van der Waals surface area contributed by atoms with Gasteiger partial charge in [0.05, 0.1) is 11.0 Å². The molecule has 0 aliphatic carbocycles. The molecule has 0 atom stereocenters.